The van der Waals surface area contributed by atoms with Crippen LogP contribution in [0.2, 0.25) is 0 Å². The van der Waals surface area contributed by atoms with Gasteiger partial charge in [0.1, 0.15) is 17.2 Å². The first-order valence-electron chi connectivity index (χ1n) is 11.0. The van der Waals surface area contributed by atoms with Gasteiger partial charge in [0.05, 0.1) is 12.2 Å². The molecule has 31 heavy (non-hydrogen) atoms. The number of ether oxygens (including phenoxy) is 1. The molecule has 0 spiro atoms. The maximum Gasteiger partial charge on any atom is 0.338 e. The Morgan fingerprint density at radius 1 is 1.10 bits per heavy atom. The summed E-state index contributed by atoms with van der Waals surface area (Å²) in [5.41, 5.74) is -0.0130. The monoisotopic (exact) mass is 431 g/mol. The maximum absolute atomic E-state index is 14.6. The molecule has 0 unspecified atom stereocenters. The molecule has 0 radical (unpaired) electrons. The Kier molecular flexibility index (Phi) is 7.65. The van der Waals surface area contributed by atoms with Crippen LogP contribution in [0.5, 0.6) is 5.75 Å². The third-order valence-electron chi connectivity index (χ3n) is 6.35. The molecule has 3 rings (SSSR count). The van der Waals surface area contributed by atoms with E-state index in [0.29, 0.717) is 37.5 Å². The van der Waals surface area contributed by atoms with Crippen LogP contribution in [0.3, 0.4) is 0 Å². The van der Waals surface area contributed by atoms with Gasteiger partial charge >= 0.3 is 5.97 Å². The first kappa shape index (κ1) is 23.2. The van der Waals surface area contributed by atoms with E-state index in [-0.39, 0.29) is 5.56 Å². The summed E-state index contributed by atoms with van der Waals surface area (Å²) in [5.74, 6) is -0.836. The number of carbonyl (C=O) groups is 1. The third-order valence-corrected chi connectivity index (χ3v) is 6.35. The fourth-order valence-corrected chi connectivity index (χ4v) is 4.01. The van der Waals surface area contributed by atoms with Crippen LogP contribution in [0.25, 0.3) is 11.1 Å². The number of carboxylic acid groups (broad SMARTS) is 1. The van der Waals surface area contributed by atoms with Crippen molar-refractivity contribution in [2.24, 2.45) is 5.92 Å². The quantitative estimate of drug-likeness (QED) is 0.544. The molecule has 2 aromatic rings. The molecule has 1 aliphatic heterocycles. The lowest BCUT2D eigenvalue weighted by Crippen LogP contribution is -2.44. The van der Waals surface area contributed by atoms with Crippen LogP contribution in [-0.2, 0) is 0 Å². The molecule has 1 saturated heterocycles. The van der Waals surface area contributed by atoms with Crippen LogP contribution in [0.15, 0.2) is 42.5 Å². The molecule has 0 saturated carbocycles. The van der Waals surface area contributed by atoms with Gasteiger partial charge in [0.2, 0.25) is 0 Å². The van der Waals surface area contributed by atoms with E-state index in [1.807, 2.05) is 38.1 Å². The third kappa shape index (κ3) is 6.03. The number of benzene rings is 2. The SMILES string of the molecule is CCC(F)(CC)CN1CCC(COc2ccc(-c3ccc(C(=O)O)c(F)c3)cc2)CC1. The molecule has 6 heteroatoms. The van der Waals surface area contributed by atoms with Crippen LogP contribution in [0.4, 0.5) is 8.78 Å². The van der Waals surface area contributed by atoms with Gasteiger partial charge < -0.3 is 14.7 Å². The van der Waals surface area contributed by atoms with Gasteiger partial charge in [0.25, 0.3) is 0 Å². The highest BCUT2D eigenvalue weighted by Gasteiger charge is 2.30. The number of hydrogen-bond donors (Lipinski definition) is 1. The Morgan fingerprint density at radius 3 is 2.26 bits per heavy atom. The predicted octanol–water partition coefficient (Wildman–Crippen LogP) is 5.81. The standard InChI is InChI=1S/C25H31F2NO3/c1-3-25(27,4-2)17-28-13-11-18(12-14-28)16-31-21-8-5-19(6-9-21)20-7-10-22(24(29)30)23(26)15-20/h5-10,15,18H,3-4,11-14,16-17H2,1-2H3,(H,29,30). The lowest BCUT2D eigenvalue weighted by Gasteiger charge is -2.36. The van der Waals surface area contributed by atoms with Crippen LogP contribution in [0.1, 0.15) is 49.9 Å². The van der Waals surface area contributed by atoms with E-state index in [2.05, 4.69) is 4.90 Å². The molecular formula is C25H31F2NO3. The van der Waals surface area contributed by atoms with E-state index >= 15 is 0 Å². The minimum atomic E-state index is -1.28. The number of carboxylic acids is 1. The largest absolute Gasteiger partial charge is 0.493 e. The zero-order chi connectivity index (χ0) is 22.4. The van der Waals surface area contributed by atoms with Gasteiger partial charge in [-0.3, -0.25) is 0 Å². The number of aromatic carboxylic acids is 1. The Hall–Kier alpha value is -2.47. The van der Waals surface area contributed by atoms with Gasteiger partial charge in [0, 0.05) is 6.54 Å². The van der Waals surface area contributed by atoms with Crippen molar-refractivity contribution in [3.05, 3.63) is 53.8 Å². The van der Waals surface area contributed by atoms with E-state index in [1.54, 1.807) is 6.07 Å². The van der Waals surface area contributed by atoms with Crippen molar-refractivity contribution in [2.45, 2.75) is 45.2 Å². The van der Waals surface area contributed by atoms with Crippen molar-refractivity contribution in [1.82, 2.24) is 4.90 Å². The molecule has 1 aliphatic rings. The minimum absolute atomic E-state index is 0.337. The first-order valence-corrected chi connectivity index (χ1v) is 11.0. The van der Waals surface area contributed by atoms with Crippen molar-refractivity contribution < 1.29 is 23.4 Å². The molecule has 1 heterocycles. The Bertz CT molecular complexity index is 873. The molecule has 0 aliphatic carbocycles. The normalized spacial score (nSPS) is 15.7. The average molecular weight is 432 g/mol. The second-order valence-corrected chi connectivity index (χ2v) is 8.41. The number of likely N-dealkylation sites (tertiary alicyclic amines) is 1. The molecule has 0 atom stereocenters. The zero-order valence-corrected chi connectivity index (χ0v) is 18.2. The summed E-state index contributed by atoms with van der Waals surface area (Å²) in [6.07, 6.45) is 3.10. The lowest BCUT2D eigenvalue weighted by molar-refractivity contribution is 0.0568. The number of rotatable bonds is 9. The van der Waals surface area contributed by atoms with E-state index in [1.165, 1.54) is 12.1 Å². The minimum Gasteiger partial charge on any atom is -0.493 e. The molecule has 4 nitrogen and oxygen atoms in total. The number of piperidine rings is 1. The summed E-state index contributed by atoms with van der Waals surface area (Å²) in [4.78, 5) is 13.2. The van der Waals surface area contributed by atoms with Crippen LogP contribution in [0, 0.1) is 11.7 Å². The van der Waals surface area contributed by atoms with Crippen molar-refractivity contribution in [3.63, 3.8) is 0 Å². The fourth-order valence-electron chi connectivity index (χ4n) is 4.01. The molecular weight excluding hydrogens is 400 g/mol. The maximum atomic E-state index is 14.6. The van der Waals surface area contributed by atoms with Crippen LogP contribution in [-0.4, -0.2) is 47.9 Å². The second kappa shape index (κ2) is 10.2. The highest BCUT2D eigenvalue weighted by atomic mass is 19.1. The predicted molar refractivity (Wildman–Crippen MR) is 118 cm³/mol. The Labute approximate surface area is 182 Å². The van der Waals surface area contributed by atoms with Gasteiger partial charge in [-0.1, -0.05) is 32.0 Å². The molecule has 2 aromatic carbocycles. The molecule has 168 valence electrons. The number of halogens is 2. The summed E-state index contributed by atoms with van der Waals surface area (Å²) < 4.78 is 34.5. The molecule has 1 N–H and O–H groups in total. The van der Waals surface area contributed by atoms with Gasteiger partial charge in [0.15, 0.2) is 0 Å². The van der Waals surface area contributed by atoms with Gasteiger partial charge in [-0.2, -0.15) is 0 Å². The van der Waals surface area contributed by atoms with E-state index in [4.69, 9.17) is 9.84 Å². The Morgan fingerprint density at radius 2 is 1.71 bits per heavy atom. The molecule has 0 amide bonds. The van der Waals surface area contributed by atoms with Crippen molar-refractivity contribution >= 4 is 5.97 Å². The smallest absolute Gasteiger partial charge is 0.338 e. The fraction of sp³-hybridized carbons (Fsp3) is 0.480. The second-order valence-electron chi connectivity index (χ2n) is 8.41. The summed E-state index contributed by atoms with van der Waals surface area (Å²) in [6.45, 7) is 6.77. The highest BCUT2D eigenvalue weighted by Crippen LogP contribution is 2.27. The summed E-state index contributed by atoms with van der Waals surface area (Å²) in [6, 6.07) is 11.5. The zero-order valence-electron chi connectivity index (χ0n) is 18.2. The molecule has 0 aromatic heterocycles. The molecule has 0 bridgehead atoms. The van der Waals surface area contributed by atoms with Gasteiger partial charge in [-0.25, -0.2) is 13.6 Å². The van der Waals surface area contributed by atoms with Gasteiger partial charge in [-0.15, -0.1) is 0 Å². The van der Waals surface area contributed by atoms with Crippen molar-refractivity contribution in [1.29, 1.82) is 0 Å². The van der Waals surface area contributed by atoms with Crippen LogP contribution >= 0.6 is 0 Å². The average Bonchev–Trinajstić information content (AvgIpc) is 2.78. The number of hydrogen-bond acceptors (Lipinski definition) is 3. The molecule has 1 fully saturated rings. The van der Waals surface area contributed by atoms with Crippen molar-refractivity contribution in [3.8, 4) is 16.9 Å². The summed E-state index contributed by atoms with van der Waals surface area (Å²) >= 11 is 0. The highest BCUT2D eigenvalue weighted by molar-refractivity contribution is 5.88. The lowest BCUT2D eigenvalue weighted by atomic mass is 9.94. The summed E-state index contributed by atoms with van der Waals surface area (Å²) in [5, 5.41) is 8.94. The van der Waals surface area contributed by atoms with E-state index in [0.717, 1.165) is 37.2 Å². The Balaban J connectivity index is 1.49. The summed E-state index contributed by atoms with van der Waals surface area (Å²) in [7, 11) is 0. The number of nitrogens with zero attached hydrogens (tertiary/aromatic N) is 1. The number of alkyl halides is 1. The van der Waals surface area contributed by atoms with E-state index in [9.17, 15) is 13.6 Å². The topological polar surface area (TPSA) is 49.8 Å². The first-order chi connectivity index (χ1) is 14.8. The van der Waals surface area contributed by atoms with Gasteiger partial charge in [-0.05, 0) is 80.1 Å². The van der Waals surface area contributed by atoms with E-state index < -0.39 is 17.5 Å². The van der Waals surface area contributed by atoms with Crippen LogP contribution < -0.4 is 4.74 Å². The van der Waals surface area contributed by atoms with Crippen molar-refractivity contribution in [2.75, 3.05) is 26.2 Å².